The fraction of sp³-hybridized carbons (Fsp3) is 0.222. The number of methoxy groups -OCH3 is 2. The number of carbonyl (C=O) groups is 1. The van der Waals surface area contributed by atoms with Gasteiger partial charge in [-0.15, -0.1) is 0 Å². The van der Waals surface area contributed by atoms with Crippen molar-refractivity contribution >= 4 is 44.2 Å². The second-order valence-electron chi connectivity index (χ2n) is 9.08. The quantitative estimate of drug-likeness (QED) is 0.131. The molecular weight excluding hydrogens is 595 g/mol. The number of carbonyl (C=O) groups excluding carboxylic acids is 1. The number of benzene rings is 3. The number of fused-ring (bicyclic) bond motifs is 1. The summed E-state index contributed by atoms with van der Waals surface area (Å²) in [6, 6.07) is 9.40. The molecule has 1 atom stereocenters. The van der Waals surface area contributed by atoms with Crippen LogP contribution in [0.4, 0.5) is 25.1 Å². The number of aliphatic hydroxyl groups excluding tert-OH is 1. The molecule has 0 amide bonds. The summed E-state index contributed by atoms with van der Waals surface area (Å²) in [7, 11) is -5.71. The number of hydrogen-bond acceptors (Lipinski definition) is 6. The molecule has 0 aliphatic heterocycles. The van der Waals surface area contributed by atoms with Crippen LogP contribution in [0.1, 0.15) is 22.0 Å². The Labute approximate surface area is 237 Å². The van der Waals surface area contributed by atoms with E-state index < -0.39 is 26.9 Å². The number of Topliss-reactive ketones (excluding diaryl/α,β-unsaturated/α-hetero) is 1. The molecule has 14 heteroatoms. The Hall–Kier alpha value is -3.68. The summed E-state index contributed by atoms with van der Waals surface area (Å²) in [6.45, 7) is -0.277. The lowest BCUT2D eigenvalue weighted by molar-refractivity contribution is 0.0959. The van der Waals surface area contributed by atoms with Gasteiger partial charge in [-0.25, -0.2) is 0 Å². The Morgan fingerprint density at radius 1 is 1.00 bits per heavy atom. The maximum absolute atomic E-state index is 14.2. The maximum Gasteiger partial charge on any atom is 0.310 e. The normalized spacial score (nSPS) is 14.2. The zero-order valence-corrected chi connectivity index (χ0v) is 23.5. The van der Waals surface area contributed by atoms with Gasteiger partial charge in [-0.2, -0.15) is 0 Å². The lowest BCUT2D eigenvalue weighted by Crippen LogP contribution is -2.31. The summed E-state index contributed by atoms with van der Waals surface area (Å²) < 4.78 is 84.6. The van der Waals surface area contributed by atoms with E-state index in [1.807, 2.05) is 0 Å². The molecule has 0 saturated carbocycles. The van der Waals surface area contributed by atoms with E-state index in [0.29, 0.717) is 27.8 Å². The average Bonchev–Trinajstić information content (AvgIpc) is 3.34. The van der Waals surface area contributed by atoms with Crippen LogP contribution in [0.25, 0.3) is 10.9 Å². The van der Waals surface area contributed by atoms with Crippen molar-refractivity contribution in [3.05, 3.63) is 76.9 Å². The molecule has 0 aliphatic rings. The van der Waals surface area contributed by atoms with E-state index in [4.69, 9.17) is 30.9 Å². The van der Waals surface area contributed by atoms with Crippen molar-refractivity contribution in [3.8, 4) is 17.2 Å². The van der Waals surface area contributed by atoms with E-state index in [0.717, 1.165) is 6.07 Å². The fourth-order valence-corrected chi connectivity index (χ4v) is 5.23. The van der Waals surface area contributed by atoms with Crippen LogP contribution in [0, 0.1) is 0 Å². The van der Waals surface area contributed by atoms with Crippen LogP contribution in [-0.2, 0) is 0 Å². The third kappa shape index (κ3) is 6.47. The Morgan fingerprint density at radius 2 is 1.71 bits per heavy atom. The molecule has 4 aromatic rings. The van der Waals surface area contributed by atoms with Gasteiger partial charge in [0.15, 0.2) is 5.78 Å². The highest BCUT2D eigenvalue weighted by Crippen LogP contribution is 3.02. The molecular formula is C27H26ClF5N2O5S. The molecule has 41 heavy (non-hydrogen) atoms. The van der Waals surface area contributed by atoms with E-state index in [2.05, 4.69) is 4.98 Å². The smallest absolute Gasteiger partial charge is 0.310 e. The van der Waals surface area contributed by atoms with Crippen molar-refractivity contribution in [2.75, 3.05) is 39.4 Å². The summed E-state index contributed by atoms with van der Waals surface area (Å²) in [4.78, 5) is 16.3. The minimum absolute atomic E-state index is 0.0203. The molecule has 0 radical (unpaired) electrons. The van der Waals surface area contributed by atoms with E-state index in [9.17, 15) is 24.2 Å². The monoisotopic (exact) mass is 620 g/mol. The minimum Gasteiger partial charge on any atom is -0.497 e. The van der Waals surface area contributed by atoms with E-state index in [-0.39, 0.29) is 47.6 Å². The van der Waals surface area contributed by atoms with Crippen molar-refractivity contribution < 1.29 is 43.5 Å². The standard InChI is InChI=1S/C27H26ClF5N2O5S/c1-35(17-11-18(38-2)13-19(12-17)40-9-8-36)26(21-6-4-16(28)10-25(21)39-3)27(37)23-15-34-24-7-5-20(14-22(23)24)41(29,30,31,32)33/h4-7,10-15,26,34,36H,8-9H2,1-3H3. The number of anilines is 1. The average molecular weight is 621 g/mol. The van der Waals surface area contributed by atoms with Gasteiger partial charge in [0.25, 0.3) is 0 Å². The van der Waals surface area contributed by atoms with Crippen molar-refractivity contribution in [2.24, 2.45) is 0 Å². The molecule has 0 aliphatic carbocycles. The number of halogens is 6. The first-order valence-corrected chi connectivity index (χ1v) is 14.3. The highest BCUT2D eigenvalue weighted by molar-refractivity contribution is 8.45. The number of nitrogens with one attached hydrogen (secondary N) is 1. The Balaban J connectivity index is 1.92. The van der Waals surface area contributed by atoms with Gasteiger partial charge in [0.05, 0.1) is 20.8 Å². The second kappa shape index (κ2) is 10.3. The van der Waals surface area contributed by atoms with E-state index in [1.54, 1.807) is 25.2 Å². The molecule has 0 fully saturated rings. The van der Waals surface area contributed by atoms with Gasteiger partial charge < -0.3 is 29.2 Å². The predicted octanol–water partition coefficient (Wildman–Crippen LogP) is 7.93. The molecule has 1 heterocycles. The summed E-state index contributed by atoms with van der Waals surface area (Å²) in [6.07, 6.45) is 1.17. The number of aromatic amines is 1. The number of rotatable bonds is 11. The maximum atomic E-state index is 14.2. The van der Waals surface area contributed by atoms with Crippen molar-refractivity contribution in [1.29, 1.82) is 0 Å². The van der Waals surface area contributed by atoms with Gasteiger partial charge in [0.1, 0.15) is 34.8 Å². The molecule has 4 rings (SSSR count). The van der Waals surface area contributed by atoms with Gasteiger partial charge in [0.2, 0.25) is 0 Å². The van der Waals surface area contributed by atoms with Crippen molar-refractivity contribution in [2.45, 2.75) is 10.9 Å². The van der Waals surface area contributed by atoms with Crippen LogP contribution in [0.3, 0.4) is 0 Å². The van der Waals surface area contributed by atoms with Crippen LogP contribution >= 0.6 is 21.8 Å². The molecule has 0 bridgehead atoms. The number of likely N-dealkylation sites (N-methyl/N-ethyl adjacent to an activating group) is 1. The molecule has 222 valence electrons. The molecule has 1 unspecified atom stereocenters. The number of ether oxygens (including phenoxy) is 3. The van der Waals surface area contributed by atoms with Gasteiger partial charge in [0, 0.05) is 64.2 Å². The highest BCUT2D eigenvalue weighted by Gasteiger charge is 2.65. The number of hydrogen-bond donors (Lipinski definition) is 2. The zero-order chi connectivity index (χ0) is 30.2. The van der Waals surface area contributed by atoms with Gasteiger partial charge in [-0.05, 0) is 30.3 Å². The Morgan fingerprint density at radius 3 is 2.34 bits per heavy atom. The Bertz CT molecular complexity index is 1620. The first kappa shape index (κ1) is 30.3. The third-order valence-corrected chi connectivity index (χ3v) is 7.74. The minimum atomic E-state index is -10.0. The molecule has 3 aromatic carbocycles. The second-order valence-corrected chi connectivity index (χ2v) is 11.9. The lowest BCUT2D eigenvalue weighted by atomic mass is 9.94. The van der Waals surface area contributed by atoms with Gasteiger partial charge in [-0.3, -0.25) is 4.79 Å². The summed E-state index contributed by atoms with van der Waals surface area (Å²) in [5.41, 5.74) is 0.491. The van der Waals surface area contributed by atoms with Crippen LogP contribution in [0.15, 0.2) is 65.7 Å². The highest BCUT2D eigenvalue weighted by atomic mass is 35.5. The first-order chi connectivity index (χ1) is 19.1. The number of nitrogens with zero attached hydrogens (tertiary/aromatic N) is 1. The van der Waals surface area contributed by atoms with Gasteiger partial charge in [-0.1, -0.05) is 37.1 Å². The molecule has 1 aromatic heterocycles. The predicted molar refractivity (Wildman–Crippen MR) is 149 cm³/mol. The van der Waals surface area contributed by atoms with E-state index in [1.165, 1.54) is 43.5 Å². The first-order valence-electron chi connectivity index (χ1n) is 11.9. The van der Waals surface area contributed by atoms with Crippen LogP contribution in [0.5, 0.6) is 17.2 Å². The summed E-state index contributed by atoms with van der Waals surface area (Å²) >= 11 is 6.14. The number of aromatic nitrogens is 1. The molecule has 7 nitrogen and oxygen atoms in total. The van der Waals surface area contributed by atoms with Crippen molar-refractivity contribution in [1.82, 2.24) is 4.98 Å². The molecule has 0 spiro atoms. The SMILES string of the molecule is COc1cc(OCCO)cc(N(C)C(C(=O)c2c[nH]c3ccc(S(F)(F)(F)(F)F)cc23)c2ccc(Cl)cc2OC)c1. The van der Waals surface area contributed by atoms with Crippen LogP contribution < -0.4 is 19.1 Å². The van der Waals surface area contributed by atoms with E-state index >= 15 is 0 Å². The fourth-order valence-electron chi connectivity index (χ4n) is 4.40. The lowest BCUT2D eigenvalue weighted by Gasteiger charge is -2.40. The molecule has 2 N–H and O–H groups in total. The van der Waals surface area contributed by atoms with Gasteiger partial charge >= 0.3 is 10.2 Å². The third-order valence-electron chi connectivity index (χ3n) is 6.36. The summed E-state index contributed by atoms with van der Waals surface area (Å²) in [5.74, 6) is 0.139. The molecule has 0 saturated heterocycles. The number of aliphatic hydroxyl groups is 1. The van der Waals surface area contributed by atoms with Crippen molar-refractivity contribution in [3.63, 3.8) is 0 Å². The zero-order valence-electron chi connectivity index (χ0n) is 22.0. The number of H-pyrrole nitrogens is 1. The Kier molecular flexibility index (Phi) is 7.61. The van der Waals surface area contributed by atoms with Crippen LogP contribution in [0.2, 0.25) is 5.02 Å². The largest absolute Gasteiger partial charge is 0.497 e. The topological polar surface area (TPSA) is 84.0 Å². The van der Waals surface area contributed by atoms with Crippen LogP contribution in [-0.4, -0.2) is 50.4 Å². The number of ketones is 1. The summed E-state index contributed by atoms with van der Waals surface area (Å²) in [5, 5.41) is 9.13.